The fourth-order valence-electron chi connectivity index (χ4n) is 8.05. The van der Waals surface area contributed by atoms with Crippen LogP contribution in [0.25, 0.3) is 22.3 Å². The largest absolute Gasteiger partial charge is 0.508 e. The number of carbonyl (C=O) groups is 1. The Labute approximate surface area is 258 Å². The van der Waals surface area contributed by atoms with Crippen LogP contribution in [0.1, 0.15) is 63.0 Å². The van der Waals surface area contributed by atoms with Crippen LogP contribution in [0.15, 0.2) is 57.7 Å². The predicted molar refractivity (Wildman–Crippen MR) is 165 cm³/mol. The van der Waals surface area contributed by atoms with Gasteiger partial charge in [-0.1, -0.05) is 13.0 Å². The Morgan fingerprint density at radius 1 is 0.867 bits per heavy atom. The van der Waals surface area contributed by atoms with Gasteiger partial charge in [-0.15, -0.1) is 0 Å². The Morgan fingerprint density at radius 3 is 2.38 bits per heavy atom. The monoisotopic (exact) mass is 616 g/mol. The minimum absolute atomic E-state index is 0.104. The summed E-state index contributed by atoms with van der Waals surface area (Å²) in [6.45, 7) is 3.88. The van der Waals surface area contributed by atoms with Crippen LogP contribution in [0.3, 0.4) is 0 Å². The van der Waals surface area contributed by atoms with Crippen LogP contribution in [-0.4, -0.2) is 42.7 Å². The number of carbonyl (C=O) groups excluding carboxylic acids is 1. The highest BCUT2D eigenvalue weighted by atomic mass is 16.5. The van der Waals surface area contributed by atoms with Gasteiger partial charge >= 0.3 is 5.97 Å². The highest BCUT2D eigenvalue weighted by Gasteiger charge is 2.56. The maximum atomic E-state index is 12.1. The number of phenols is 5. The molecule has 0 aliphatic heterocycles. The summed E-state index contributed by atoms with van der Waals surface area (Å²) in [5, 5.41) is 57.4. The predicted octanol–water partition coefficient (Wildman–Crippen LogP) is 6.17. The van der Waals surface area contributed by atoms with Crippen molar-refractivity contribution in [2.75, 3.05) is 0 Å². The molecule has 3 aliphatic rings. The van der Waals surface area contributed by atoms with Crippen LogP contribution in [0.4, 0.5) is 0 Å². The van der Waals surface area contributed by atoms with Crippen LogP contribution in [0, 0.1) is 17.3 Å². The van der Waals surface area contributed by atoms with Crippen LogP contribution in [0.5, 0.6) is 34.5 Å². The highest BCUT2D eigenvalue weighted by Crippen LogP contribution is 2.61. The van der Waals surface area contributed by atoms with Crippen molar-refractivity contribution >= 4 is 16.9 Å². The SMILES string of the molecule is CC(=O)OC1CCC2C3CCc4cc(O)ccc4C3CCC12C.O=c1c(O)c(-c2ccc(O)c(O)c2)oc2cc(O)cc(O)c12. The molecule has 2 saturated carbocycles. The zero-order valence-corrected chi connectivity index (χ0v) is 25.0. The van der Waals surface area contributed by atoms with E-state index < -0.39 is 22.7 Å². The molecule has 4 aromatic rings. The van der Waals surface area contributed by atoms with Gasteiger partial charge in [0.05, 0.1) is 0 Å². The lowest BCUT2D eigenvalue weighted by molar-refractivity contribution is -0.154. The van der Waals surface area contributed by atoms with E-state index in [2.05, 4.69) is 13.0 Å². The van der Waals surface area contributed by atoms with Gasteiger partial charge in [0.2, 0.25) is 11.2 Å². The van der Waals surface area contributed by atoms with Gasteiger partial charge in [0, 0.05) is 30.0 Å². The first-order chi connectivity index (χ1) is 21.4. The van der Waals surface area contributed by atoms with E-state index in [1.165, 1.54) is 43.4 Å². The average Bonchev–Trinajstić information content (AvgIpc) is 3.31. The zero-order valence-electron chi connectivity index (χ0n) is 25.0. The van der Waals surface area contributed by atoms with Crippen molar-refractivity contribution in [1.29, 1.82) is 0 Å². The summed E-state index contributed by atoms with van der Waals surface area (Å²) in [6, 6.07) is 11.6. The van der Waals surface area contributed by atoms with E-state index in [0.29, 0.717) is 23.5 Å². The first-order valence-electron chi connectivity index (χ1n) is 15.1. The summed E-state index contributed by atoms with van der Waals surface area (Å²) < 4.78 is 11.0. The summed E-state index contributed by atoms with van der Waals surface area (Å²) in [5.74, 6) is -0.483. The van der Waals surface area contributed by atoms with Crippen molar-refractivity contribution in [1.82, 2.24) is 0 Å². The lowest BCUT2D eigenvalue weighted by Crippen LogP contribution is -2.45. The first kappa shape index (κ1) is 30.2. The average molecular weight is 617 g/mol. The molecule has 236 valence electrons. The molecule has 7 rings (SSSR count). The number of ether oxygens (including phenoxy) is 1. The summed E-state index contributed by atoms with van der Waals surface area (Å²) >= 11 is 0. The van der Waals surface area contributed by atoms with E-state index in [-0.39, 0.29) is 51.3 Å². The third-order valence-corrected chi connectivity index (χ3v) is 10.1. The molecule has 0 radical (unpaired) electrons. The normalized spacial score (nSPS) is 24.9. The van der Waals surface area contributed by atoms with E-state index in [9.17, 15) is 40.2 Å². The fraction of sp³-hybridized carbons (Fsp3) is 0.371. The van der Waals surface area contributed by atoms with Crippen molar-refractivity contribution in [3.8, 4) is 45.8 Å². The number of hydrogen-bond donors (Lipinski definition) is 6. The van der Waals surface area contributed by atoms with Crippen molar-refractivity contribution in [3.05, 3.63) is 69.9 Å². The molecule has 10 heteroatoms. The van der Waals surface area contributed by atoms with Gasteiger partial charge in [0.25, 0.3) is 0 Å². The number of aryl methyl sites for hydroxylation is 1. The molecule has 0 bridgehead atoms. The van der Waals surface area contributed by atoms with Gasteiger partial charge in [-0.2, -0.15) is 0 Å². The zero-order chi connectivity index (χ0) is 32.2. The maximum Gasteiger partial charge on any atom is 0.302 e. The molecule has 1 aromatic heterocycles. The molecule has 0 saturated heterocycles. The molecule has 5 unspecified atom stereocenters. The van der Waals surface area contributed by atoms with Gasteiger partial charge in [0.1, 0.15) is 34.3 Å². The van der Waals surface area contributed by atoms with Gasteiger partial charge in [-0.05, 0) is 97.7 Å². The molecule has 5 atom stereocenters. The standard InChI is InChI=1S/C20H26O3.C15H10O7/c1-12(21)23-19-8-7-18-17-5-3-13-11-14(22)4-6-15(13)16(17)9-10-20(18,19)2;16-7-4-10(19)12-11(5-7)22-15(14(21)13(12)20)6-1-2-8(17)9(18)3-6/h4,6,11,16-19,22H,3,5,7-10H2,1-2H3;1-5,16-19,21H. The quantitative estimate of drug-likeness (QED) is 0.113. The Morgan fingerprint density at radius 2 is 1.64 bits per heavy atom. The lowest BCUT2D eigenvalue weighted by atomic mass is 9.55. The number of aromatic hydroxyl groups is 6. The van der Waals surface area contributed by atoms with Crippen molar-refractivity contribution in [2.45, 2.75) is 64.4 Å². The number of rotatable bonds is 2. The molecule has 1 heterocycles. The summed E-state index contributed by atoms with van der Waals surface area (Å²) in [7, 11) is 0. The third kappa shape index (κ3) is 5.28. The number of fused-ring (bicyclic) bond motifs is 6. The molecule has 3 aromatic carbocycles. The second-order valence-electron chi connectivity index (χ2n) is 12.7. The summed E-state index contributed by atoms with van der Waals surface area (Å²) in [6.07, 6.45) is 6.89. The van der Waals surface area contributed by atoms with Crippen molar-refractivity contribution < 1.29 is 44.6 Å². The lowest BCUT2D eigenvalue weighted by Gasteiger charge is -2.50. The van der Waals surface area contributed by atoms with E-state index in [0.717, 1.165) is 43.5 Å². The molecule has 45 heavy (non-hydrogen) atoms. The van der Waals surface area contributed by atoms with Crippen LogP contribution in [-0.2, 0) is 16.0 Å². The molecule has 2 fully saturated rings. The Balaban J connectivity index is 0.000000159. The molecule has 0 spiro atoms. The Kier molecular flexibility index (Phi) is 7.54. The molecule has 3 aliphatic carbocycles. The van der Waals surface area contributed by atoms with Gasteiger partial charge in [-0.25, -0.2) is 0 Å². The molecule has 6 N–H and O–H groups in total. The number of hydrogen-bond acceptors (Lipinski definition) is 10. The van der Waals surface area contributed by atoms with Crippen LogP contribution in [0.2, 0.25) is 0 Å². The third-order valence-electron chi connectivity index (χ3n) is 10.1. The Bertz CT molecular complexity index is 1860. The molecule has 10 nitrogen and oxygen atoms in total. The minimum atomic E-state index is -0.888. The van der Waals surface area contributed by atoms with Gasteiger partial charge < -0.3 is 39.8 Å². The van der Waals surface area contributed by atoms with E-state index in [4.69, 9.17) is 9.15 Å². The topological polar surface area (TPSA) is 178 Å². The molecular weight excluding hydrogens is 580 g/mol. The smallest absolute Gasteiger partial charge is 0.302 e. The first-order valence-corrected chi connectivity index (χ1v) is 15.1. The summed E-state index contributed by atoms with van der Waals surface area (Å²) in [5.41, 5.74) is 2.06. The highest BCUT2D eigenvalue weighted by molar-refractivity contribution is 5.88. The van der Waals surface area contributed by atoms with E-state index >= 15 is 0 Å². The number of esters is 1. The van der Waals surface area contributed by atoms with E-state index in [1.54, 1.807) is 0 Å². The second kappa shape index (κ2) is 11.3. The molecule has 0 amide bonds. The van der Waals surface area contributed by atoms with Crippen molar-refractivity contribution in [3.63, 3.8) is 0 Å². The van der Waals surface area contributed by atoms with Crippen LogP contribution >= 0.6 is 0 Å². The number of phenolic OH excluding ortho intramolecular Hbond substituents is 5. The number of benzene rings is 3. The second-order valence-corrected chi connectivity index (χ2v) is 12.7. The summed E-state index contributed by atoms with van der Waals surface area (Å²) in [4.78, 5) is 23.6. The van der Waals surface area contributed by atoms with Crippen LogP contribution < -0.4 is 5.43 Å². The molecular formula is C35H36O10. The minimum Gasteiger partial charge on any atom is -0.508 e. The van der Waals surface area contributed by atoms with Gasteiger partial charge in [-0.3, -0.25) is 9.59 Å². The Hall–Kier alpha value is -4.86. The van der Waals surface area contributed by atoms with E-state index in [1.807, 2.05) is 12.1 Å². The fourth-order valence-corrected chi connectivity index (χ4v) is 8.05. The maximum absolute atomic E-state index is 12.1. The van der Waals surface area contributed by atoms with Gasteiger partial charge in [0.15, 0.2) is 17.3 Å². The van der Waals surface area contributed by atoms with Crippen molar-refractivity contribution in [2.24, 2.45) is 17.3 Å².